The molecule has 1 aromatic heterocycles. The molecule has 8 heteroatoms. The van der Waals surface area contributed by atoms with E-state index in [0.717, 1.165) is 0 Å². The lowest BCUT2D eigenvalue weighted by molar-refractivity contribution is 0.582. The molecule has 0 unspecified atom stereocenters. The minimum absolute atomic E-state index is 0.0441. The Morgan fingerprint density at radius 3 is 2.67 bits per heavy atom. The van der Waals surface area contributed by atoms with Crippen LogP contribution < -0.4 is 4.72 Å². The van der Waals surface area contributed by atoms with Crippen LogP contribution in [0, 0.1) is 9.39 Å². The Balaban J connectivity index is 2.37. The monoisotopic (exact) mass is 381 g/mol. The number of hydrogen-bond donors (Lipinski definition) is 1. The zero-order chi connectivity index (χ0) is 13.3. The molecule has 0 aliphatic carbocycles. The molecule has 0 bridgehead atoms. The van der Waals surface area contributed by atoms with Crippen LogP contribution in [0.5, 0.6) is 0 Å². The fraction of sp³-hybridized carbons (Fsp3) is 0.100. The highest BCUT2D eigenvalue weighted by atomic mass is 127. The topological polar surface area (TPSA) is 64.0 Å². The molecule has 0 fully saturated rings. The largest absolute Gasteiger partial charge is 0.279 e. The van der Waals surface area contributed by atoms with E-state index in [1.54, 1.807) is 0 Å². The highest BCUT2D eigenvalue weighted by Gasteiger charge is 2.19. The van der Waals surface area contributed by atoms with E-state index in [1.807, 2.05) is 22.6 Å². The molecule has 5 nitrogen and oxygen atoms in total. The number of rotatable bonds is 3. The summed E-state index contributed by atoms with van der Waals surface area (Å²) in [6.45, 7) is 0. The number of nitrogens with one attached hydrogen (secondary N) is 1. The lowest BCUT2D eigenvalue weighted by atomic mass is 10.3. The second-order valence-electron chi connectivity index (χ2n) is 3.52. The number of halogens is 2. The van der Waals surface area contributed by atoms with Gasteiger partial charge in [0.15, 0.2) is 5.03 Å². The summed E-state index contributed by atoms with van der Waals surface area (Å²) in [4.78, 5) is 0. The zero-order valence-electron chi connectivity index (χ0n) is 9.26. The van der Waals surface area contributed by atoms with Crippen molar-refractivity contribution >= 4 is 38.3 Å². The van der Waals surface area contributed by atoms with E-state index in [4.69, 9.17) is 0 Å². The van der Waals surface area contributed by atoms with Crippen LogP contribution in [-0.4, -0.2) is 18.2 Å². The maximum absolute atomic E-state index is 12.9. The fourth-order valence-corrected chi connectivity index (χ4v) is 3.40. The van der Waals surface area contributed by atoms with Crippen LogP contribution in [0.2, 0.25) is 0 Å². The third-order valence-corrected chi connectivity index (χ3v) is 4.56. The molecule has 0 radical (unpaired) electrons. The Morgan fingerprint density at radius 2 is 2.11 bits per heavy atom. The molecule has 18 heavy (non-hydrogen) atoms. The first-order valence-corrected chi connectivity index (χ1v) is 7.42. The van der Waals surface area contributed by atoms with Crippen LogP contribution in [0.15, 0.2) is 35.5 Å². The van der Waals surface area contributed by atoms with E-state index in [9.17, 15) is 12.8 Å². The average Bonchev–Trinajstić information content (AvgIpc) is 2.69. The summed E-state index contributed by atoms with van der Waals surface area (Å²) < 4.78 is 41.2. The lowest BCUT2D eigenvalue weighted by Crippen LogP contribution is -2.17. The van der Waals surface area contributed by atoms with Gasteiger partial charge in [-0.1, -0.05) is 0 Å². The Hall–Kier alpha value is -1.16. The zero-order valence-corrected chi connectivity index (χ0v) is 12.2. The Morgan fingerprint density at radius 1 is 1.39 bits per heavy atom. The van der Waals surface area contributed by atoms with Crippen LogP contribution in [0.25, 0.3) is 0 Å². The van der Waals surface area contributed by atoms with Crippen LogP contribution in [-0.2, 0) is 17.1 Å². The first-order valence-electron chi connectivity index (χ1n) is 4.86. The predicted molar refractivity (Wildman–Crippen MR) is 73.1 cm³/mol. The van der Waals surface area contributed by atoms with Crippen molar-refractivity contribution in [2.75, 3.05) is 4.72 Å². The highest BCUT2D eigenvalue weighted by molar-refractivity contribution is 14.1. The number of hydrogen-bond acceptors (Lipinski definition) is 3. The molecule has 2 rings (SSSR count). The first-order chi connectivity index (χ1) is 8.40. The van der Waals surface area contributed by atoms with Crippen LogP contribution in [0.4, 0.5) is 10.1 Å². The second-order valence-corrected chi connectivity index (χ2v) is 6.31. The van der Waals surface area contributed by atoms with Crippen molar-refractivity contribution in [2.45, 2.75) is 5.03 Å². The van der Waals surface area contributed by atoms with Crippen molar-refractivity contribution in [1.29, 1.82) is 0 Å². The van der Waals surface area contributed by atoms with Gasteiger partial charge < -0.3 is 0 Å². The molecule has 0 saturated carbocycles. The minimum atomic E-state index is -3.71. The maximum Gasteiger partial charge on any atom is 0.279 e. The Kier molecular flexibility index (Phi) is 3.57. The molecule has 0 aliphatic heterocycles. The molecule has 0 spiro atoms. The second kappa shape index (κ2) is 4.84. The van der Waals surface area contributed by atoms with Gasteiger partial charge in [-0.25, -0.2) is 4.39 Å². The van der Waals surface area contributed by atoms with Gasteiger partial charge >= 0.3 is 0 Å². The van der Waals surface area contributed by atoms with Gasteiger partial charge in [-0.15, -0.1) is 0 Å². The smallest absolute Gasteiger partial charge is 0.277 e. The number of anilines is 1. The summed E-state index contributed by atoms with van der Waals surface area (Å²) in [5, 5.41) is 3.84. The Labute approximate surface area is 117 Å². The fourth-order valence-electron chi connectivity index (χ4n) is 1.39. The standard InChI is InChI=1S/C10H9FIN3O2S/c1-15-10(4-5-13-15)18(16,17)14-9-3-2-7(11)6-8(9)12/h2-6,14H,1H3. The molecule has 0 aliphatic rings. The van der Waals surface area contributed by atoms with Crippen LogP contribution in [0.3, 0.4) is 0 Å². The van der Waals surface area contributed by atoms with E-state index in [0.29, 0.717) is 9.26 Å². The van der Waals surface area contributed by atoms with Gasteiger partial charge in [0, 0.05) is 10.6 Å². The average molecular weight is 381 g/mol. The highest BCUT2D eigenvalue weighted by Crippen LogP contribution is 2.22. The summed E-state index contributed by atoms with van der Waals surface area (Å²) >= 11 is 1.86. The summed E-state index contributed by atoms with van der Waals surface area (Å²) in [5.41, 5.74) is 0.332. The van der Waals surface area contributed by atoms with Crippen molar-refractivity contribution in [3.8, 4) is 0 Å². The molecular weight excluding hydrogens is 372 g/mol. The van der Waals surface area contributed by atoms with Crippen LogP contribution in [0.1, 0.15) is 0 Å². The van der Waals surface area contributed by atoms with Crippen molar-refractivity contribution in [3.63, 3.8) is 0 Å². The molecule has 0 amide bonds. The molecule has 2 aromatic rings. The van der Waals surface area contributed by atoms with Gasteiger partial charge in [-0.2, -0.15) is 13.5 Å². The van der Waals surface area contributed by atoms with Gasteiger partial charge in [-0.3, -0.25) is 9.40 Å². The van der Waals surface area contributed by atoms with E-state index in [1.165, 1.54) is 42.2 Å². The molecular formula is C10H9FIN3O2S. The van der Waals surface area contributed by atoms with E-state index in [-0.39, 0.29) is 5.03 Å². The molecule has 96 valence electrons. The number of aryl methyl sites for hydroxylation is 1. The molecule has 1 aromatic carbocycles. The van der Waals surface area contributed by atoms with Gasteiger partial charge in [0.1, 0.15) is 5.82 Å². The number of sulfonamides is 1. The van der Waals surface area contributed by atoms with E-state index in [2.05, 4.69) is 9.82 Å². The van der Waals surface area contributed by atoms with Gasteiger partial charge in [0.2, 0.25) is 0 Å². The van der Waals surface area contributed by atoms with E-state index < -0.39 is 15.8 Å². The molecule has 0 saturated heterocycles. The van der Waals surface area contributed by atoms with Gasteiger partial charge in [-0.05, 0) is 46.9 Å². The van der Waals surface area contributed by atoms with Gasteiger partial charge in [0.25, 0.3) is 10.0 Å². The molecule has 0 atom stereocenters. The normalized spacial score (nSPS) is 11.5. The van der Waals surface area contributed by atoms with Crippen molar-refractivity contribution in [2.24, 2.45) is 7.05 Å². The minimum Gasteiger partial charge on any atom is -0.277 e. The molecule has 1 heterocycles. The van der Waals surface area contributed by atoms with Crippen LogP contribution >= 0.6 is 22.6 Å². The number of aromatic nitrogens is 2. The van der Waals surface area contributed by atoms with Crippen molar-refractivity contribution in [3.05, 3.63) is 39.8 Å². The third kappa shape index (κ3) is 2.64. The van der Waals surface area contributed by atoms with Gasteiger partial charge in [0.05, 0.1) is 11.9 Å². The quantitative estimate of drug-likeness (QED) is 0.827. The van der Waals surface area contributed by atoms with E-state index >= 15 is 0 Å². The summed E-state index contributed by atoms with van der Waals surface area (Å²) in [6.07, 6.45) is 1.39. The SMILES string of the molecule is Cn1nccc1S(=O)(=O)Nc1ccc(F)cc1I. The maximum atomic E-state index is 12.9. The number of nitrogens with zero attached hydrogens (tertiary/aromatic N) is 2. The van der Waals surface area contributed by atoms with Crippen molar-refractivity contribution in [1.82, 2.24) is 9.78 Å². The predicted octanol–water partition coefficient (Wildman–Crippen LogP) is 1.96. The third-order valence-electron chi connectivity index (χ3n) is 2.23. The van der Waals surface area contributed by atoms with Crippen molar-refractivity contribution < 1.29 is 12.8 Å². The number of benzene rings is 1. The summed E-state index contributed by atoms with van der Waals surface area (Å²) in [6, 6.07) is 5.22. The lowest BCUT2D eigenvalue weighted by Gasteiger charge is -2.09. The Bertz CT molecular complexity index is 684. The first kappa shape index (κ1) is 13.3. The summed E-state index contributed by atoms with van der Waals surface area (Å²) in [7, 11) is -2.18. The summed E-state index contributed by atoms with van der Waals surface area (Å²) in [5.74, 6) is -0.414. The molecule has 1 N–H and O–H groups in total.